The van der Waals surface area contributed by atoms with E-state index >= 15 is 0 Å². The molecule has 3 aromatic rings. The number of amides is 3. The standard InChI is InChI=1S/C31H35ClFN3O5S2/c1-3-8-31(39)36(16-15-30(38)34-19-24(42)18-23-9-4-6-11-28(23)33)20-22-13-14-25(27(32)17-22)26-10-5-7-12-29(26)43(40,41)35-21(2)37/h4-7,9-14,17,24,42H,3,8,15-16,18-20H2,1-2H3,(H,34,38)(H,35,37). The molecule has 12 heteroatoms. The molecule has 0 saturated heterocycles. The van der Waals surface area contributed by atoms with Gasteiger partial charge >= 0.3 is 0 Å². The number of nitrogens with one attached hydrogen (secondary N) is 2. The molecule has 0 aromatic heterocycles. The lowest BCUT2D eigenvalue weighted by molar-refractivity contribution is -0.132. The molecule has 0 aliphatic heterocycles. The van der Waals surface area contributed by atoms with E-state index in [1.54, 1.807) is 59.5 Å². The summed E-state index contributed by atoms with van der Waals surface area (Å²) in [6.45, 7) is 3.62. The first-order chi connectivity index (χ1) is 20.4. The summed E-state index contributed by atoms with van der Waals surface area (Å²) in [7, 11) is -4.12. The number of hydrogen-bond acceptors (Lipinski definition) is 6. The fraction of sp³-hybridized carbons (Fsp3) is 0.323. The molecule has 230 valence electrons. The Morgan fingerprint density at radius 2 is 1.70 bits per heavy atom. The van der Waals surface area contributed by atoms with E-state index in [0.717, 1.165) is 6.92 Å². The minimum atomic E-state index is -4.12. The summed E-state index contributed by atoms with van der Waals surface area (Å²) >= 11 is 11.1. The molecule has 0 heterocycles. The Bertz CT molecular complexity index is 1570. The molecule has 1 unspecified atom stereocenters. The Balaban J connectivity index is 1.68. The Morgan fingerprint density at radius 1 is 1.00 bits per heavy atom. The van der Waals surface area contributed by atoms with Crippen molar-refractivity contribution in [2.45, 2.75) is 56.2 Å². The lowest BCUT2D eigenvalue weighted by Gasteiger charge is -2.23. The zero-order valence-electron chi connectivity index (χ0n) is 24.0. The molecule has 0 spiro atoms. The highest BCUT2D eigenvalue weighted by molar-refractivity contribution is 7.90. The average Bonchev–Trinajstić information content (AvgIpc) is 2.95. The van der Waals surface area contributed by atoms with Crippen molar-refractivity contribution < 1.29 is 27.2 Å². The summed E-state index contributed by atoms with van der Waals surface area (Å²) < 4.78 is 41.3. The normalized spacial score (nSPS) is 11.9. The second-order valence-electron chi connectivity index (χ2n) is 10.0. The quantitative estimate of drug-likeness (QED) is 0.210. The van der Waals surface area contributed by atoms with Gasteiger partial charge in [0.05, 0.1) is 4.90 Å². The third-order valence-electron chi connectivity index (χ3n) is 6.53. The lowest BCUT2D eigenvalue weighted by Crippen LogP contribution is -2.36. The maximum absolute atomic E-state index is 13.9. The van der Waals surface area contributed by atoms with Gasteiger partial charge in [0, 0.05) is 60.8 Å². The molecule has 0 aliphatic rings. The van der Waals surface area contributed by atoms with Gasteiger partial charge in [-0.05, 0) is 42.2 Å². The van der Waals surface area contributed by atoms with Crippen molar-refractivity contribution >= 4 is 52.0 Å². The van der Waals surface area contributed by atoms with Gasteiger partial charge in [-0.2, -0.15) is 12.6 Å². The van der Waals surface area contributed by atoms with Gasteiger partial charge < -0.3 is 10.2 Å². The summed E-state index contributed by atoms with van der Waals surface area (Å²) in [4.78, 5) is 38.4. The van der Waals surface area contributed by atoms with E-state index in [1.807, 2.05) is 11.6 Å². The molecule has 43 heavy (non-hydrogen) atoms. The minimum absolute atomic E-state index is 0.0653. The van der Waals surface area contributed by atoms with Gasteiger partial charge in [-0.1, -0.05) is 67.1 Å². The molecule has 0 radical (unpaired) electrons. The largest absolute Gasteiger partial charge is 0.355 e. The van der Waals surface area contributed by atoms with Gasteiger partial charge in [-0.25, -0.2) is 17.5 Å². The molecule has 3 amide bonds. The Morgan fingerprint density at radius 3 is 2.37 bits per heavy atom. The molecule has 1 atom stereocenters. The van der Waals surface area contributed by atoms with Crippen molar-refractivity contribution in [1.82, 2.24) is 14.9 Å². The van der Waals surface area contributed by atoms with E-state index < -0.39 is 15.9 Å². The molecule has 0 bridgehead atoms. The summed E-state index contributed by atoms with van der Waals surface area (Å²) in [5.74, 6) is -1.40. The van der Waals surface area contributed by atoms with Crippen LogP contribution in [-0.2, 0) is 37.4 Å². The fourth-order valence-electron chi connectivity index (χ4n) is 4.47. The summed E-state index contributed by atoms with van der Waals surface area (Å²) in [6, 6.07) is 17.7. The van der Waals surface area contributed by atoms with Crippen LogP contribution in [0.2, 0.25) is 5.02 Å². The number of sulfonamides is 1. The summed E-state index contributed by atoms with van der Waals surface area (Å²) in [6.07, 6.45) is 1.37. The van der Waals surface area contributed by atoms with Crippen LogP contribution in [-0.4, -0.2) is 49.4 Å². The SMILES string of the molecule is CCCC(=O)N(CCC(=O)NCC(S)Cc1ccccc1F)Cc1ccc(-c2ccccc2S(=O)(=O)NC(C)=O)c(Cl)c1. The number of halogens is 2. The molecule has 0 saturated carbocycles. The molecule has 0 aliphatic carbocycles. The first-order valence-electron chi connectivity index (χ1n) is 13.8. The second kappa shape index (κ2) is 15.9. The zero-order chi connectivity index (χ0) is 31.6. The van der Waals surface area contributed by atoms with Gasteiger partial charge in [-0.15, -0.1) is 0 Å². The predicted molar refractivity (Wildman–Crippen MR) is 169 cm³/mol. The van der Waals surface area contributed by atoms with E-state index in [1.165, 1.54) is 12.1 Å². The van der Waals surface area contributed by atoms with Crippen molar-refractivity contribution in [2.24, 2.45) is 0 Å². The molecular formula is C31H35ClFN3O5S2. The van der Waals surface area contributed by atoms with Gasteiger partial charge in [0.15, 0.2) is 0 Å². The summed E-state index contributed by atoms with van der Waals surface area (Å²) in [5.41, 5.74) is 1.98. The average molecular weight is 648 g/mol. The van der Waals surface area contributed by atoms with E-state index in [0.29, 0.717) is 41.5 Å². The van der Waals surface area contributed by atoms with Crippen molar-refractivity contribution in [2.75, 3.05) is 13.1 Å². The van der Waals surface area contributed by atoms with Crippen molar-refractivity contribution in [1.29, 1.82) is 0 Å². The van der Waals surface area contributed by atoms with E-state index in [-0.39, 0.29) is 58.9 Å². The highest BCUT2D eigenvalue weighted by atomic mass is 35.5. The van der Waals surface area contributed by atoms with Gasteiger partial charge in [0.1, 0.15) is 5.82 Å². The van der Waals surface area contributed by atoms with Crippen LogP contribution in [0.15, 0.2) is 71.6 Å². The minimum Gasteiger partial charge on any atom is -0.355 e. The number of hydrogen-bond donors (Lipinski definition) is 3. The number of carbonyl (C=O) groups excluding carboxylic acids is 3. The number of carbonyl (C=O) groups is 3. The topological polar surface area (TPSA) is 113 Å². The number of thiol groups is 1. The van der Waals surface area contributed by atoms with Crippen molar-refractivity contribution in [3.8, 4) is 11.1 Å². The molecular weight excluding hydrogens is 613 g/mol. The monoisotopic (exact) mass is 647 g/mol. The molecule has 3 aromatic carbocycles. The lowest BCUT2D eigenvalue weighted by atomic mass is 10.0. The maximum Gasteiger partial charge on any atom is 0.264 e. The molecule has 3 rings (SSSR count). The second-order valence-corrected chi connectivity index (χ2v) is 12.8. The third kappa shape index (κ3) is 10.1. The first-order valence-corrected chi connectivity index (χ1v) is 16.2. The van der Waals surface area contributed by atoms with Crippen LogP contribution in [0.4, 0.5) is 4.39 Å². The van der Waals surface area contributed by atoms with Crippen molar-refractivity contribution in [3.05, 3.63) is 88.7 Å². The van der Waals surface area contributed by atoms with Crippen LogP contribution in [0.1, 0.15) is 44.2 Å². The smallest absolute Gasteiger partial charge is 0.264 e. The molecule has 8 nitrogen and oxygen atoms in total. The Labute approximate surface area is 262 Å². The maximum atomic E-state index is 13.9. The number of rotatable bonds is 14. The predicted octanol–water partition coefficient (Wildman–Crippen LogP) is 5.15. The van der Waals surface area contributed by atoms with Crippen LogP contribution in [0, 0.1) is 5.82 Å². The highest BCUT2D eigenvalue weighted by Gasteiger charge is 2.22. The van der Waals surface area contributed by atoms with Gasteiger partial charge in [-0.3, -0.25) is 14.4 Å². The molecule has 2 N–H and O–H groups in total. The zero-order valence-corrected chi connectivity index (χ0v) is 26.4. The van der Waals surface area contributed by atoms with Crippen LogP contribution >= 0.6 is 24.2 Å². The van der Waals surface area contributed by atoms with Crippen molar-refractivity contribution in [3.63, 3.8) is 0 Å². The van der Waals surface area contributed by atoms with Crippen LogP contribution in [0.3, 0.4) is 0 Å². The third-order valence-corrected chi connectivity index (χ3v) is 8.69. The van der Waals surface area contributed by atoms with E-state index in [2.05, 4.69) is 17.9 Å². The van der Waals surface area contributed by atoms with E-state index in [9.17, 15) is 27.2 Å². The highest BCUT2D eigenvalue weighted by Crippen LogP contribution is 2.33. The number of benzene rings is 3. The van der Waals surface area contributed by atoms with Crippen LogP contribution < -0.4 is 10.0 Å². The Hall–Kier alpha value is -3.41. The molecule has 0 fully saturated rings. The van der Waals surface area contributed by atoms with Gasteiger partial charge in [0.2, 0.25) is 17.7 Å². The number of nitrogens with zero attached hydrogens (tertiary/aromatic N) is 1. The first kappa shape index (κ1) is 34.1. The van der Waals surface area contributed by atoms with Crippen LogP contribution in [0.5, 0.6) is 0 Å². The Kier molecular flexibility index (Phi) is 12.6. The van der Waals surface area contributed by atoms with Crippen LogP contribution in [0.25, 0.3) is 11.1 Å². The summed E-state index contributed by atoms with van der Waals surface area (Å²) in [5, 5.41) is 2.79. The fourth-order valence-corrected chi connectivity index (χ4v) is 6.28. The van der Waals surface area contributed by atoms with Gasteiger partial charge in [0.25, 0.3) is 10.0 Å². The van der Waals surface area contributed by atoms with E-state index in [4.69, 9.17) is 11.6 Å².